The highest BCUT2D eigenvalue weighted by atomic mass is 32.1. The largest absolute Gasteiger partial charge is 0.409 e. The van der Waals surface area contributed by atoms with E-state index in [9.17, 15) is 9.18 Å². The lowest BCUT2D eigenvalue weighted by molar-refractivity contribution is -0.117. The lowest BCUT2D eigenvalue weighted by Gasteiger charge is -2.08. The highest BCUT2D eigenvalue weighted by molar-refractivity contribution is 7.71. The SMILES string of the molecule is Cc1ccc(-c2nn(CC(=O)Nc3cccc(F)c3C)c(=S)o2)cc1. The number of carbonyl (C=O) groups excluding carboxylic acids is 1. The topological polar surface area (TPSA) is 60.1 Å². The molecule has 0 aliphatic carbocycles. The van der Waals surface area contributed by atoms with Gasteiger partial charge in [0.2, 0.25) is 11.8 Å². The van der Waals surface area contributed by atoms with Crippen molar-refractivity contribution in [3.8, 4) is 11.5 Å². The third-order valence-corrected chi connectivity index (χ3v) is 4.03. The number of aryl methyl sites for hydroxylation is 1. The molecule has 1 N–H and O–H groups in total. The van der Waals surface area contributed by atoms with Gasteiger partial charge in [0.15, 0.2) is 0 Å². The molecule has 3 rings (SSSR count). The normalized spacial score (nSPS) is 10.7. The number of benzene rings is 2. The fourth-order valence-corrected chi connectivity index (χ4v) is 2.47. The fraction of sp³-hybridized carbons (Fsp3) is 0.167. The van der Waals surface area contributed by atoms with Crippen LogP contribution in [0.4, 0.5) is 10.1 Å². The van der Waals surface area contributed by atoms with Gasteiger partial charge in [0.1, 0.15) is 12.4 Å². The van der Waals surface area contributed by atoms with Gasteiger partial charge >= 0.3 is 0 Å². The number of hydrogen-bond acceptors (Lipinski definition) is 4. The monoisotopic (exact) mass is 357 g/mol. The molecule has 0 fully saturated rings. The van der Waals surface area contributed by atoms with Gasteiger partial charge in [-0.1, -0.05) is 23.8 Å². The summed E-state index contributed by atoms with van der Waals surface area (Å²) in [4.78, 5) is 12.3. The van der Waals surface area contributed by atoms with Crippen LogP contribution >= 0.6 is 12.2 Å². The summed E-state index contributed by atoms with van der Waals surface area (Å²) in [5, 5.41) is 6.90. The van der Waals surface area contributed by atoms with Gasteiger partial charge in [-0.2, -0.15) is 0 Å². The van der Waals surface area contributed by atoms with E-state index in [1.165, 1.54) is 16.8 Å². The Morgan fingerprint density at radius 3 is 2.68 bits per heavy atom. The smallest absolute Gasteiger partial charge is 0.287 e. The number of nitrogens with zero attached hydrogens (tertiary/aromatic N) is 2. The zero-order valence-corrected chi connectivity index (χ0v) is 14.6. The van der Waals surface area contributed by atoms with Crippen LogP contribution in [-0.2, 0) is 11.3 Å². The number of amides is 1. The first kappa shape index (κ1) is 17.0. The molecule has 0 saturated carbocycles. The van der Waals surface area contributed by atoms with E-state index in [0.717, 1.165) is 11.1 Å². The maximum Gasteiger partial charge on any atom is 0.287 e. The summed E-state index contributed by atoms with van der Waals surface area (Å²) in [7, 11) is 0. The van der Waals surface area contributed by atoms with Crippen molar-refractivity contribution >= 4 is 23.8 Å². The molecule has 0 aliphatic rings. The molecule has 0 unspecified atom stereocenters. The Morgan fingerprint density at radius 1 is 1.24 bits per heavy atom. The van der Waals surface area contributed by atoms with Gasteiger partial charge in [0.05, 0.1) is 0 Å². The molecule has 0 atom stereocenters. The maximum atomic E-state index is 13.5. The molecule has 128 valence electrons. The summed E-state index contributed by atoms with van der Waals surface area (Å²) >= 11 is 5.12. The summed E-state index contributed by atoms with van der Waals surface area (Å²) in [5.74, 6) is -0.397. The Balaban J connectivity index is 1.77. The third-order valence-electron chi connectivity index (χ3n) is 3.74. The first-order valence-corrected chi connectivity index (χ1v) is 8.05. The van der Waals surface area contributed by atoms with E-state index in [0.29, 0.717) is 17.1 Å². The molecule has 2 aromatic carbocycles. The molecule has 3 aromatic rings. The van der Waals surface area contributed by atoms with Gasteiger partial charge in [0, 0.05) is 16.8 Å². The summed E-state index contributed by atoms with van der Waals surface area (Å²) < 4.78 is 20.3. The molecule has 5 nitrogen and oxygen atoms in total. The molecule has 0 saturated heterocycles. The van der Waals surface area contributed by atoms with E-state index < -0.39 is 0 Å². The van der Waals surface area contributed by atoms with Crippen LogP contribution in [0.5, 0.6) is 0 Å². The second-order valence-electron chi connectivity index (χ2n) is 5.66. The molecule has 25 heavy (non-hydrogen) atoms. The van der Waals surface area contributed by atoms with Crippen molar-refractivity contribution in [2.75, 3.05) is 5.32 Å². The first-order valence-electron chi connectivity index (χ1n) is 7.64. The molecule has 0 radical (unpaired) electrons. The zero-order chi connectivity index (χ0) is 18.0. The van der Waals surface area contributed by atoms with Crippen molar-refractivity contribution in [1.29, 1.82) is 0 Å². The minimum absolute atomic E-state index is 0.0988. The Bertz CT molecular complexity index is 977. The Hall–Kier alpha value is -2.80. The molecule has 7 heteroatoms. The van der Waals surface area contributed by atoms with Gasteiger partial charge in [-0.05, 0) is 50.3 Å². The van der Waals surface area contributed by atoms with Crippen LogP contribution in [0.3, 0.4) is 0 Å². The number of anilines is 1. The molecule has 0 bridgehead atoms. The average Bonchev–Trinajstić information content (AvgIpc) is 2.93. The van der Waals surface area contributed by atoms with Gasteiger partial charge in [-0.3, -0.25) is 4.79 Å². The van der Waals surface area contributed by atoms with Gasteiger partial charge < -0.3 is 9.73 Å². The Morgan fingerprint density at radius 2 is 1.96 bits per heavy atom. The van der Waals surface area contributed by atoms with E-state index in [1.807, 2.05) is 31.2 Å². The fourth-order valence-electron chi connectivity index (χ4n) is 2.29. The summed E-state index contributed by atoms with van der Waals surface area (Å²) in [6.45, 7) is 3.46. The van der Waals surface area contributed by atoms with Gasteiger partial charge in [0.25, 0.3) is 4.84 Å². The average molecular weight is 357 g/mol. The van der Waals surface area contributed by atoms with Crippen LogP contribution in [0, 0.1) is 24.5 Å². The zero-order valence-electron chi connectivity index (χ0n) is 13.7. The Labute approximate surface area is 149 Å². The summed E-state index contributed by atoms with van der Waals surface area (Å²) in [6, 6.07) is 12.1. The van der Waals surface area contributed by atoms with Crippen LogP contribution < -0.4 is 5.32 Å². The maximum absolute atomic E-state index is 13.5. The lowest BCUT2D eigenvalue weighted by Crippen LogP contribution is -2.20. The predicted molar refractivity (Wildman–Crippen MR) is 95.3 cm³/mol. The van der Waals surface area contributed by atoms with Crippen molar-refractivity contribution < 1.29 is 13.6 Å². The van der Waals surface area contributed by atoms with Gasteiger partial charge in [-0.25, -0.2) is 9.07 Å². The van der Waals surface area contributed by atoms with Crippen molar-refractivity contribution in [3.63, 3.8) is 0 Å². The first-order chi connectivity index (χ1) is 11.9. The van der Waals surface area contributed by atoms with E-state index >= 15 is 0 Å². The van der Waals surface area contributed by atoms with Crippen LogP contribution in [0.15, 0.2) is 46.9 Å². The van der Waals surface area contributed by atoms with E-state index in [-0.39, 0.29) is 23.1 Å². The molecule has 1 aromatic heterocycles. The van der Waals surface area contributed by atoms with Crippen LogP contribution in [0.1, 0.15) is 11.1 Å². The molecular weight excluding hydrogens is 341 g/mol. The second kappa shape index (κ2) is 6.98. The molecular formula is C18H16FN3O2S. The lowest BCUT2D eigenvalue weighted by atomic mass is 10.1. The minimum Gasteiger partial charge on any atom is -0.409 e. The summed E-state index contributed by atoms with van der Waals surface area (Å²) in [5.41, 5.74) is 2.68. The standard InChI is InChI=1S/C18H16FN3O2S/c1-11-6-8-13(9-7-11)17-21-22(18(25)24-17)10-16(23)20-15-5-3-4-14(19)12(15)2/h3-9H,10H2,1-2H3,(H,20,23). The van der Waals surface area contributed by atoms with Crippen molar-refractivity contribution in [2.24, 2.45) is 0 Å². The molecule has 0 spiro atoms. The van der Waals surface area contributed by atoms with E-state index in [4.69, 9.17) is 16.6 Å². The number of nitrogens with one attached hydrogen (secondary N) is 1. The number of rotatable bonds is 4. The quantitative estimate of drug-likeness (QED) is 0.709. The highest BCUT2D eigenvalue weighted by Crippen LogP contribution is 2.19. The van der Waals surface area contributed by atoms with Crippen LogP contribution in [0.25, 0.3) is 11.5 Å². The minimum atomic E-state index is -0.377. The van der Waals surface area contributed by atoms with Gasteiger partial charge in [-0.15, -0.1) is 5.10 Å². The van der Waals surface area contributed by atoms with Crippen molar-refractivity contribution in [2.45, 2.75) is 20.4 Å². The number of carbonyl (C=O) groups is 1. The third kappa shape index (κ3) is 3.83. The summed E-state index contributed by atoms with van der Waals surface area (Å²) in [6.07, 6.45) is 0. The predicted octanol–water partition coefficient (Wildman–Crippen LogP) is 4.27. The van der Waals surface area contributed by atoms with E-state index in [2.05, 4.69) is 10.4 Å². The van der Waals surface area contributed by atoms with E-state index in [1.54, 1.807) is 13.0 Å². The van der Waals surface area contributed by atoms with Crippen LogP contribution in [0.2, 0.25) is 0 Å². The highest BCUT2D eigenvalue weighted by Gasteiger charge is 2.13. The molecule has 1 heterocycles. The second-order valence-corrected chi connectivity index (χ2v) is 6.01. The van der Waals surface area contributed by atoms with Crippen LogP contribution in [-0.4, -0.2) is 15.7 Å². The van der Waals surface area contributed by atoms with Crippen molar-refractivity contribution in [3.05, 3.63) is 64.2 Å². The number of halogens is 1. The number of hydrogen-bond donors (Lipinski definition) is 1. The Kier molecular flexibility index (Phi) is 4.76. The molecule has 1 amide bonds. The van der Waals surface area contributed by atoms with Crippen molar-refractivity contribution in [1.82, 2.24) is 9.78 Å². The number of aromatic nitrogens is 2. The molecule has 0 aliphatic heterocycles.